The van der Waals surface area contributed by atoms with E-state index < -0.39 is 10.0 Å². The fourth-order valence-electron chi connectivity index (χ4n) is 1.77. The van der Waals surface area contributed by atoms with Gasteiger partial charge in [0, 0.05) is 16.9 Å². The number of hydrogen-bond acceptors (Lipinski definition) is 5. The van der Waals surface area contributed by atoms with Crippen LogP contribution in [0.1, 0.15) is 5.56 Å². The molecule has 0 saturated carbocycles. The van der Waals surface area contributed by atoms with Crippen molar-refractivity contribution in [3.05, 3.63) is 60.2 Å². The van der Waals surface area contributed by atoms with Gasteiger partial charge >= 0.3 is 0 Å². The molecule has 2 aromatic carbocycles. The highest BCUT2D eigenvalue weighted by Crippen LogP contribution is 2.15. The van der Waals surface area contributed by atoms with Crippen molar-refractivity contribution in [2.45, 2.75) is 10.6 Å². The van der Waals surface area contributed by atoms with Gasteiger partial charge in [0.2, 0.25) is 10.0 Å². The summed E-state index contributed by atoms with van der Waals surface area (Å²) in [5.41, 5.74) is 4.47. The monoisotopic (exact) mass is 349 g/mol. The third-order valence-corrected chi connectivity index (χ3v) is 5.23. The number of hydrogen-bond donors (Lipinski definition) is 2. The molecule has 2 aromatic rings. The quantitative estimate of drug-likeness (QED) is 0.437. The Morgan fingerprint density at radius 3 is 2.43 bits per heavy atom. The number of benzene rings is 2. The van der Waals surface area contributed by atoms with Crippen molar-refractivity contribution in [2.24, 2.45) is 5.10 Å². The van der Waals surface area contributed by atoms with Crippen LogP contribution in [0, 0.1) is 0 Å². The van der Waals surface area contributed by atoms with Gasteiger partial charge in [-0.1, -0.05) is 30.3 Å². The van der Waals surface area contributed by atoms with E-state index in [9.17, 15) is 8.42 Å². The van der Waals surface area contributed by atoms with Crippen molar-refractivity contribution in [1.29, 1.82) is 0 Å². The molecule has 0 spiro atoms. The average molecular weight is 349 g/mol. The molecular weight excluding hydrogens is 330 g/mol. The number of sulfonamides is 1. The van der Waals surface area contributed by atoms with Crippen molar-refractivity contribution < 1.29 is 8.42 Å². The standard InChI is InChI=1S/C16H19N3O2S2/c1-17-23(20,21)13-14-7-9-15(10-8-14)19-18-11-12-22-16-5-3-2-4-6-16/h2-11,17,19H,12-13H2,1H3. The summed E-state index contributed by atoms with van der Waals surface area (Å²) in [5.74, 6) is 0.746. The van der Waals surface area contributed by atoms with Gasteiger partial charge in [0.25, 0.3) is 0 Å². The van der Waals surface area contributed by atoms with Crippen LogP contribution in [0.2, 0.25) is 0 Å². The van der Waals surface area contributed by atoms with Crippen LogP contribution in [0.4, 0.5) is 5.69 Å². The summed E-state index contributed by atoms with van der Waals surface area (Å²) in [5, 5.41) is 4.15. The molecule has 0 amide bonds. The van der Waals surface area contributed by atoms with E-state index in [0.717, 1.165) is 17.0 Å². The van der Waals surface area contributed by atoms with E-state index in [1.54, 1.807) is 30.1 Å². The first-order valence-electron chi connectivity index (χ1n) is 7.04. The first-order valence-corrected chi connectivity index (χ1v) is 9.68. The summed E-state index contributed by atoms with van der Waals surface area (Å²) in [6.07, 6.45) is 1.80. The molecule has 5 nitrogen and oxygen atoms in total. The molecule has 23 heavy (non-hydrogen) atoms. The molecule has 0 aliphatic carbocycles. The van der Waals surface area contributed by atoms with E-state index in [-0.39, 0.29) is 5.75 Å². The molecule has 0 radical (unpaired) electrons. The summed E-state index contributed by atoms with van der Waals surface area (Å²) in [6, 6.07) is 17.3. The minimum Gasteiger partial charge on any atom is -0.279 e. The minimum atomic E-state index is -3.24. The molecule has 0 saturated heterocycles. The van der Waals surface area contributed by atoms with Gasteiger partial charge in [0.05, 0.1) is 11.4 Å². The second kappa shape index (κ2) is 8.71. The molecule has 0 unspecified atom stereocenters. The Hall–Kier alpha value is -1.83. The lowest BCUT2D eigenvalue weighted by molar-refractivity contribution is 0.587. The Balaban J connectivity index is 1.78. The van der Waals surface area contributed by atoms with Crippen LogP contribution in [0.3, 0.4) is 0 Å². The molecule has 2 rings (SSSR count). The van der Waals surface area contributed by atoms with E-state index in [0.29, 0.717) is 0 Å². The van der Waals surface area contributed by atoms with Gasteiger partial charge in [-0.2, -0.15) is 5.10 Å². The molecule has 0 heterocycles. The first-order chi connectivity index (χ1) is 11.1. The fraction of sp³-hybridized carbons (Fsp3) is 0.188. The van der Waals surface area contributed by atoms with Gasteiger partial charge in [0.1, 0.15) is 0 Å². The highest BCUT2D eigenvalue weighted by molar-refractivity contribution is 7.99. The largest absolute Gasteiger partial charge is 0.279 e. The van der Waals surface area contributed by atoms with Crippen LogP contribution in [-0.4, -0.2) is 27.4 Å². The molecule has 0 aliphatic heterocycles. The Morgan fingerprint density at radius 1 is 1.09 bits per heavy atom. The molecule has 0 aromatic heterocycles. The lowest BCUT2D eigenvalue weighted by atomic mass is 10.2. The van der Waals surface area contributed by atoms with Gasteiger partial charge in [-0.15, -0.1) is 11.8 Å². The Labute approximate surface area is 141 Å². The molecule has 0 fully saturated rings. The molecular formula is C16H19N3O2S2. The SMILES string of the molecule is CNS(=O)(=O)Cc1ccc(NN=CCSc2ccccc2)cc1. The van der Waals surface area contributed by atoms with E-state index in [2.05, 4.69) is 27.4 Å². The smallest absolute Gasteiger partial charge is 0.215 e. The Kier molecular flexibility index (Phi) is 6.64. The summed E-state index contributed by atoms with van der Waals surface area (Å²) in [6.45, 7) is 0. The maximum absolute atomic E-state index is 11.5. The van der Waals surface area contributed by atoms with E-state index in [1.807, 2.05) is 30.3 Å². The van der Waals surface area contributed by atoms with Crippen molar-refractivity contribution >= 4 is 33.7 Å². The fourth-order valence-corrected chi connectivity index (χ4v) is 3.24. The third kappa shape index (κ3) is 6.43. The third-order valence-electron chi connectivity index (χ3n) is 2.97. The average Bonchev–Trinajstić information content (AvgIpc) is 2.57. The topological polar surface area (TPSA) is 70.6 Å². The van der Waals surface area contributed by atoms with Crippen LogP contribution in [-0.2, 0) is 15.8 Å². The highest BCUT2D eigenvalue weighted by atomic mass is 32.2. The van der Waals surface area contributed by atoms with E-state index in [1.165, 1.54) is 11.9 Å². The number of nitrogens with zero attached hydrogens (tertiary/aromatic N) is 1. The number of nitrogens with one attached hydrogen (secondary N) is 2. The number of anilines is 1. The summed E-state index contributed by atoms with van der Waals surface area (Å²) in [7, 11) is -1.83. The van der Waals surface area contributed by atoms with Crippen molar-refractivity contribution in [1.82, 2.24) is 4.72 Å². The molecule has 0 aliphatic rings. The number of thioether (sulfide) groups is 1. The second-order valence-corrected chi connectivity index (χ2v) is 7.73. The van der Waals surface area contributed by atoms with Gasteiger partial charge in [-0.3, -0.25) is 5.43 Å². The van der Waals surface area contributed by atoms with Crippen LogP contribution in [0.25, 0.3) is 0 Å². The van der Waals surface area contributed by atoms with Gasteiger partial charge in [0.15, 0.2) is 0 Å². The van der Waals surface area contributed by atoms with Crippen LogP contribution < -0.4 is 10.1 Å². The van der Waals surface area contributed by atoms with Gasteiger partial charge < -0.3 is 0 Å². The van der Waals surface area contributed by atoms with Crippen LogP contribution >= 0.6 is 11.8 Å². The molecule has 122 valence electrons. The second-order valence-electron chi connectivity index (χ2n) is 4.71. The zero-order chi connectivity index (χ0) is 16.5. The van der Waals surface area contributed by atoms with Gasteiger partial charge in [-0.05, 0) is 36.9 Å². The Bertz CT molecular complexity index is 730. The maximum Gasteiger partial charge on any atom is 0.215 e. The van der Waals surface area contributed by atoms with Crippen molar-refractivity contribution in [3.8, 4) is 0 Å². The highest BCUT2D eigenvalue weighted by Gasteiger charge is 2.07. The lowest BCUT2D eigenvalue weighted by Crippen LogP contribution is -2.20. The van der Waals surface area contributed by atoms with Crippen molar-refractivity contribution in [2.75, 3.05) is 18.2 Å². The van der Waals surface area contributed by atoms with Crippen molar-refractivity contribution in [3.63, 3.8) is 0 Å². The molecule has 7 heteroatoms. The summed E-state index contributed by atoms with van der Waals surface area (Å²) in [4.78, 5) is 1.20. The normalized spacial score (nSPS) is 11.7. The zero-order valence-electron chi connectivity index (χ0n) is 12.8. The maximum atomic E-state index is 11.5. The van der Waals surface area contributed by atoms with E-state index in [4.69, 9.17) is 0 Å². The Morgan fingerprint density at radius 2 is 1.78 bits per heavy atom. The first kappa shape index (κ1) is 17.5. The molecule has 0 bridgehead atoms. The predicted octanol–water partition coefficient (Wildman–Crippen LogP) is 2.93. The van der Waals surface area contributed by atoms with Crippen LogP contribution in [0.15, 0.2) is 64.6 Å². The minimum absolute atomic E-state index is 0.0270. The van der Waals surface area contributed by atoms with Crippen LogP contribution in [0.5, 0.6) is 0 Å². The lowest BCUT2D eigenvalue weighted by Gasteiger charge is -2.04. The predicted molar refractivity (Wildman–Crippen MR) is 97.4 cm³/mol. The zero-order valence-corrected chi connectivity index (χ0v) is 14.4. The molecule has 0 atom stereocenters. The van der Waals surface area contributed by atoms with E-state index >= 15 is 0 Å². The van der Waals surface area contributed by atoms with Gasteiger partial charge in [-0.25, -0.2) is 13.1 Å². The number of rotatable bonds is 8. The summed E-state index contributed by atoms with van der Waals surface area (Å²) < 4.78 is 25.2. The number of hydrazone groups is 1. The molecule has 2 N–H and O–H groups in total. The summed E-state index contributed by atoms with van der Waals surface area (Å²) >= 11 is 1.70.